The van der Waals surface area contributed by atoms with Gasteiger partial charge >= 0.3 is 0 Å². The minimum absolute atomic E-state index is 1.22. The second kappa shape index (κ2) is 7.42. The lowest BCUT2D eigenvalue weighted by Crippen LogP contribution is -2.14. The fourth-order valence-corrected chi connectivity index (χ4v) is 1.79. The molecule has 1 nitrogen and oxygen atoms in total. The Labute approximate surface area is 69.2 Å². The topological polar surface area (TPSA) is 3.24 Å². The van der Waals surface area contributed by atoms with E-state index in [2.05, 4.69) is 37.7 Å². The Hall–Kier alpha value is 0.310. The number of thioether (sulfide) groups is 1. The molecule has 0 spiro atoms. The third kappa shape index (κ3) is 8.31. The monoisotopic (exact) mass is 161 g/mol. The summed E-state index contributed by atoms with van der Waals surface area (Å²) < 4.78 is 0. The van der Waals surface area contributed by atoms with E-state index in [0.29, 0.717) is 0 Å². The van der Waals surface area contributed by atoms with Crippen LogP contribution in [0.4, 0.5) is 0 Å². The number of nitrogens with zero attached hydrogens (tertiary/aromatic N) is 1. The van der Waals surface area contributed by atoms with E-state index in [-0.39, 0.29) is 0 Å². The lowest BCUT2D eigenvalue weighted by molar-refractivity contribution is 0.437. The summed E-state index contributed by atoms with van der Waals surface area (Å²) in [6.07, 6.45) is 2.70. The lowest BCUT2D eigenvalue weighted by Gasteiger charge is -2.07. The summed E-state index contributed by atoms with van der Waals surface area (Å²) >= 11 is 2.06. The van der Waals surface area contributed by atoms with Crippen molar-refractivity contribution in [2.75, 3.05) is 32.1 Å². The second-order valence-electron chi connectivity index (χ2n) is 2.77. The minimum atomic E-state index is 1.22. The van der Waals surface area contributed by atoms with Gasteiger partial charge in [0.2, 0.25) is 0 Å². The van der Waals surface area contributed by atoms with Crippen molar-refractivity contribution in [1.29, 1.82) is 0 Å². The van der Waals surface area contributed by atoms with Gasteiger partial charge in [-0.2, -0.15) is 11.8 Å². The molecule has 0 aromatic rings. The Morgan fingerprint density at radius 2 is 1.90 bits per heavy atom. The van der Waals surface area contributed by atoms with Crippen molar-refractivity contribution >= 4 is 11.8 Å². The van der Waals surface area contributed by atoms with Gasteiger partial charge in [0.25, 0.3) is 0 Å². The van der Waals surface area contributed by atoms with Crippen LogP contribution in [-0.4, -0.2) is 37.0 Å². The van der Waals surface area contributed by atoms with E-state index < -0.39 is 0 Å². The number of unbranched alkanes of at least 4 members (excludes halogenated alkanes) is 1. The van der Waals surface area contributed by atoms with Crippen LogP contribution in [0.25, 0.3) is 0 Å². The average molecular weight is 161 g/mol. The summed E-state index contributed by atoms with van der Waals surface area (Å²) in [4.78, 5) is 2.24. The first kappa shape index (κ1) is 10.3. The SMILES string of the molecule is CCCCSCCN(C)C. The van der Waals surface area contributed by atoms with Crippen LogP contribution in [0.2, 0.25) is 0 Å². The molecule has 10 heavy (non-hydrogen) atoms. The standard InChI is InChI=1S/C8H19NS/c1-4-5-7-10-8-6-9(2)3/h4-8H2,1-3H3. The third-order valence-electron chi connectivity index (χ3n) is 1.33. The average Bonchev–Trinajstić information content (AvgIpc) is 1.87. The maximum absolute atomic E-state index is 2.24. The van der Waals surface area contributed by atoms with Crippen molar-refractivity contribution in [2.45, 2.75) is 19.8 Å². The first-order valence-corrected chi connectivity index (χ1v) is 5.15. The Kier molecular flexibility index (Phi) is 7.65. The predicted molar refractivity (Wildman–Crippen MR) is 50.8 cm³/mol. The van der Waals surface area contributed by atoms with Gasteiger partial charge in [0.15, 0.2) is 0 Å². The number of hydrogen-bond acceptors (Lipinski definition) is 2. The van der Waals surface area contributed by atoms with E-state index in [1.165, 1.54) is 30.9 Å². The molecule has 2 heteroatoms. The Morgan fingerprint density at radius 3 is 2.40 bits per heavy atom. The second-order valence-corrected chi connectivity index (χ2v) is 3.99. The van der Waals surface area contributed by atoms with Crippen molar-refractivity contribution in [3.8, 4) is 0 Å². The van der Waals surface area contributed by atoms with Gasteiger partial charge in [0.05, 0.1) is 0 Å². The zero-order chi connectivity index (χ0) is 7.82. The highest BCUT2D eigenvalue weighted by Crippen LogP contribution is 2.03. The van der Waals surface area contributed by atoms with Crippen LogP contribution in [0.1, 0.15) is 19.8 Å². The highest BCUT2D eigenvalue weighted by Gasteiger charge is 1.89. The largest absolute Gasteiger partial charge is 0.309 e. The third-order valence-corrected chi connectivity index (χ3v) is 2.37. The van der Waals surface area contributed by atoms with Gasteiger partial charge < -0.3 is 4.90 Å². The van der Waals surface area contributed by atoms with Gasteiger partial charge in [-0.15, -0.1) is 0 Å². The van der Waals surface area contributed by atoms with Crippen LogP contribution in [0, 0.1) is 0 Å². The normalized spacial score (nSPS) is 10.8. The van der Waals surface area contributed by atoms with Gasteiger partial charge in [0.1, 0.15) is 0 Å². The maximum atomic E-state index is 2.24. The lowest BCUT2D eigenvalue weighted by atomic mass is 10.4. The van der Waals surface area contributed by atoms with Gasteiger partial charge in [0, 0.05) is 12.3 Å². The molecular weight excluding hydrogens is 142 g/mol. The van der Waals surface area contributed by atoms with Crippen molar-refractivity contribution in [3.63, 3.8) is 0 Å². The van der Waals surface area contributed by atoms with Crippen molar-refractivity contribution in [2.24, 2.45) is 0 Å². The van der Waals surface area contributed by atoms with Crippen LogP contribution in [0.5, 0.6) is 0 Å². The molecule has 0 rings (SSSR count). The summed E-state index contributed by atoms with van der Waals surface area (Å²) in [5, 5.41) is 0. The van der Waals surface area contributed by atoms with E-state index >= 15 is 0 Å². The summed E-state index contributed by atoms with van der Waals surface area (Å²) in [5.41, 5.74) is 0. The molecule has 0 aliphatic carbocycles. The molecule has 0 aromatic carbocycles. The van der Waals surface area contributed by atoms with Crippen LogP contribution >= 0.6 is 11.8 Å². The molecule has 0 radical (unpaired) electrons. The molecule has 0 bridgehead atoms. The van der Waals surface area contributed by atoms with Crippen molar-refractivity contribution < 1.29 is 0 Å². The first-order valence-electron chi connectivity index (χ1n) is 4.00. The fraction of sp³-hybridized carbons (Fsp3) is 1.00. The molecule has 0 saturated carbocycles. The smallest absolute Gasteiger partial charge is 0.00662 e. The Morgan fingerprint density at radius 1 is 1.20 bits per heavy atom. The highest BCUT2D eigenvalue weighted by molar-refractivity contribution is 7.99. The zero-order valence-electron chi connectivity index (χ0n) is 7.39. The Bertz CT molecular complexity index is 64.3. The van der Waals surface area contributed by atoms with Crippen LogP contribution in [0.3, 0.4) is 0 Å². The first-order chi connectivity index (χ1) is 4.77. The maximum Gasteiger partial charge on any atom is 0.00662 e. The van der Waals surface area contributed by atoms with Crippen LogP contribution in [0.15, 0.2) is 0 Å². The molecule has 0 aromatic heterocycles. The predicted octanol–water partition coefficient (Wildman–Crippen LogP) is 2.08. The summed E-state index contributed by atoms with van der Waals surface area (Å²) in [7, 11) is 4.25. The molecule has 0 saturated heterocycles. The van der Waals surface area contributed by atoms with Gasteiger partial charge in [-0.05, 0) is 26.3 Å². The van der Waals surface area contributed by atoms with Crippen molar-refractivity contribution in [1.82, 2.24) is 4.90 Å². The van der Waals surface area contributed by atoms with Gasteiger partial charge in [-0.3, -0.25) is 0 Å². The highest BCUT2D eigenvalue weighted by atomic mass is 32.2. The minimum Gasteiger partial charge on any atom is -0.309 e. The van der Waals surface area contributed by atoms with Gasteiger partial charge in [-0.1, -0.05) is 13.3 Å². The molecule has 0 fully saturated rings. The molecule has 0 atom stereocenters. The zero-order valence-corrected chi connectivity index (χ0v) is 8.21. The summed E-state index contributed by atoms with van der Waals surface area (Å²) in [6, 6.07) is 0. The van der Waals surface area contributed by atoms with E-state index in [4.69, 9.17) is 0 Å². The molecule has 0 heterocycles. The summed E-state index contributed by atoms with van der Waals surface area (Å²) in [5.74, 6) is 2.62. The number of rotatable bonds is 6. The van der Waals surface area contributed by atoms with Crippen LogP contribution < -0.4 is 0 Å². The van der Waals surface area contributed by atoms with Gasteiger partial charge in [-0.25, -0.2) is 0 Å². The quantitative estimate of drug-likeness (QED) is 0.549. The molecule has 0 aliphatic rings. The summed E-state index contributed by atoms with van der Waals surface area (Å²) in [6.45, 7) is 3.46. The molecular formula is C8H19NS. The number of hydrogen-bond donors (Lipinski definition) is 0. The van der Waals surface area contributed by atoms with Crippen LogP contribution in [-0.2, 0) is 0 Å². The molecule has 62 valence electrons. The fourth-order valence-electron chi connectivity index (χ4n) is 0.596. The molecule has 0 aliphatic heterocycles. The molecule has 0 unspecified atom stereocenters. The van der Waals surface area contributed by atoms with E-state index in [9.17, 15) is 0 Å². The van der Waals surface area contributed by atoms with Crippen molar-refractivity contribution in [3.05, 3.63) is 0 Å². The van der Waals surface area contributed by atoms with E-state index in [1.807, 2.05) is 0 Å². The Balaban J connectivity index is 2.77. The molecule has 0 amide bonds. The van der Waals surface area contributed by atoms with E-state index in [1.54, 1.807) is 0 Å². The molecule has 0 N–H and O–H groups in total. The van der Waals surface area contributed by atoms with E-state index in [0.717, 1.165) is 0 Å².